The van der Waals surface area contributed by atoms with Crippen molar-refractivity contribution in [2.75, 3.05) is 4.90 Å². The van der Waals surface area contributed by atoms with E-state index < -0.39 is 0 Å². The van der Waals surface area contributed by atoms with Gasteiger partial charge in [-0.05, 0) is 117 Å². The summed E-state index contributed by atoms with van der Waals surface area (Å²) in [5.41, 5.74) is 17.2. The Balaban J connectivity index is 0.953. The lowest BCUT2D eigenvalue weighted by Crippen LogP contribution is -2.36. The zero-order valence-electron chi connectivity index (χ0n) is 35.7. The molecule has 2 unspecified atom stereocenters. The molecule has 2 heterocycles. The molecule has 2 nitrogen and oxygen atoms in total. The summed E-state index contributed by atoms with van der Waals surface area (Å²) in [5, 5.41) is 2.57. The summed E-state index contributed by atoms with van der Waals surface area (Å²) >= 11 is 1.89. The molecule has 0 N–H and O–H groups in total. The van der Waals surface area contributed by atoms with Crippen LogP contribution in [0, 0.1) is 5.41 Å². The summed E-state index contributed by atoms with van der Waals surface area (Å²) in [7, 11) is 0. The first-order chi connectivity index (χ1) is 30.9. The average molecular weight is 827 g/mol. The molecule has 3 heteroatoms. The minimum Gasteiger partial charge on any atom is -0.310 e. The molecule has 0 fully saturated rings. The van der Waals surface area contributed by atoms with E-state index >= 15 is 0 Å². The van der Waals surface area contributed by atoms with Gasteiger partial charge in [0.15, 0.2) is 0 Å². The minimum absolute atomic E-state index is 0.0169. The van der Waals surface area contributed by atoms with Crippen molar-refractivity contribution >= 4 is 59.6 Å². The van der Waals surface area contributed by atoms with Gasteiger partial charge < -0.3 is 9.47 Å². The highest BCUT2D eigenvalue weighted by Gasteiger charge is 2.53. The van der Waals surface area contributed by atoms with Gasteiger partial charge in [-0.25, -0.2) is 0 Å². The molecular weight excluding hydrogens is 781 g/mol. The van der Waals surface area contributed by atoms with Crippen LogP contribution < -0.4 is 4.90 Å². The van der Waals surface area contributed by atoms with E-state index in [0.717, 1.165) is 11.4 Å². The van der Waals surface area contributed by atoms with E-state index in [0.29, 0.717) is 5.92 Å². The van der Waals surface area contributed by atoms with Crippen molar-refractivity contribution in [1.82, 2.24) is 4.57 Å². The first-order valence-corrected chi connectivity index (χ1v) is 22.9. The zero-order valence-corrected chi connectivity index (χ0v) is 36.5. The lowest BCUT2D eigenvalue weighted by molar-refractivity contribution is 0.245. The van der Waals surface area contributed by atoms with Crippen LogP contribution in [0.15, 0.2) is 218 Å². The van der Waals surface area contributed by atoms with Crippen molar-refractivity contribution in [2.24, 2.45) is 5.41 Å². The van der Waals surface area contributed by atoms with E-state index in [1.807, 2.05) is 11.3 Å². The third-order valence-corrected chi connectivity index (χ3v) is 15.5. The molecule has 0 saturated carbocycles. The molecule has 0 spiro atoms. The molecule has 2 aliphatic rings. The van der Waals surface area contributed by atoms with Crippen LogP contribution >= 0.6 is 11.3 Å². The number of hydrogen-bond acceptors (Lipinski definition) is 2. The molecular formula is C60H46N2S. The van der Waals surface area contributed by atoms with Gasteiger partial charge in [0.05, 0.1) is 15.7 Å². The maximum atomic E-state index is 2.46. The van der Waals surface area contributed by atoms with Crippen molar-refractivity contribution < 1.29 is 0 Å². The van der Waals surface area contributed by atoms with Crippen molar-refractivity contribution in [2.45, 2.75) is 32.1 Å². The van der Waals surface area contributed by atoms with E-state index in [4.69, 9.17) is 0 Å². The minimum atomic E-state index is -0.0417. The van der Waals surface area contributed by atoms with Crippen LogP contribution in [-0.4, -0.2) is 4.57 Å². The average Bonchev–Trinajstić information content (AvgIpc) is 3.93. The molecule has 63 heavy (non-hydrogen) atoms. The largest absolute Gasteiger partial charge is 0.310 e. The summed E-state index contributed by atoms with van der Waals surface area (Å²) in [6.45, 7) is 7.27. The Morgan fingerprint density at radius 2 is 1.05 bits per heavy atom. The molecule has 2 aliphatic carbocycles. The van der Waals surface area contributed by atoms with Gasteiger partial charge in [-0.1, -0.05) is 172 Å². The van der Waals surface area contributed by atoms with Crippen LogP contribution in [0.2, 0.25) is 0 Å². The highest BCUT2D eigenvalue weighted by molar-refractivity contribution is 7.26. The SMILES string of the molecule is CC1(C)c2cc(N(c3ccc(-c4ccccc4)cc3)c3ccc(-c4ccc5c(c4)c4sc6ccccc6c4n5-c4ccc(-c5ccccc5)cc4)cc3)ccc2C2C=CC=CC21C. The number of nitrogens with zero attached hydrogens (tertiary/aromatic N) is 2. The summed E-state index contributed by atoms with van der Waals surface area (Å²) in [6.07, 6.45) is 9.28. The molecule has 0 aliphatic heterocycles. The maximum Gasteiger partial charge on any atom is 0.0727 e. The Morgan fingerprint density at radius 1 is 0.492 bits per heavy atom. The monoisotopic (exact) mass is 826 g/mol. The summed E-state index contributed by atoms with van der Waals surface area (Å²) in [5.74, 6) is 0.364. The number of fused-ring (bicyclic) bond motifs is 8. The number of hydrogen-bond donors (Lipinski definition) is 0. The lowest BCUT2D eigenvalue weighted by atomic mass is 9.62. The van der Waals surface area contributed by atoms with Gasteiger partial charge in [0.25, 0.3) is 0 Å². The Hall–Kier alpha value is -7.20. The molecule has 2 aromatic heterocycles. The lowest BCUT2D eigenvalue weighted by Gasteiger charge is -2.41. The predicted molar refractivity (Wildman–Crippen MR) is 269 cm³/mol. The van der Waals surface area contributed by atoms with E-state index in [9.17, 15) is 0 Å². The second-order valence-electron chi connectivity index (χ2n) is 18.0. The van der Waals surface area contributed by atoms with Gasteiger partial charge in [-0.3, -0.25) is 0 Å². The van der Waals surface area contributed by atoms with E-state index in [2.05, 4.69) is 249 Å². The molecule has 0 amide bonds. The standard InChI is InChI=1S/C60H46N2S/c1-59(2)54-39-49(34-35-50(54)53-19-12-13-37-60(53,59)3)61(46-28-21-42(22-29-46)40-14-6-4-7-15-40)47-30-25-44(26-31-47)45-27-36-55-52(38-45)58-57(51-18-10-11-20-56(51)63-58)62(55)48-32-23-43(24-33-48)41-16-8-5-9-17-41/h4-39,53H,1-3H3. The summed E-state index contributed by atoms with van der Waals surface area (Å²) in [6, 6.07) is 71.6. The molecule has 0 saturated heterocycles. The summed E-state index contributed by atoms with van der Waals surface area (Å²) < 4.78 is 5.09. The Morgan fingerprint density at radius 3 is 1.71 bits per heavy atom. The molecule has 12 rings (SSSR count). The molecule has 10 aromatic rings. The fourth-order valence-corrected chi connectivity index (χ4v) is 11.8. The van der Waals surface area contributed by atoms with Crippen LogP contribution in [0.25, 0.3) is 70.3 Å². The van der Waals surface area contributed by atoms with Crippen LogP contribution in [0.5, 0.6) is 0 Å². The smallest absolute Gasteiger partial charge is 0.0727 e. The Bertz CT molecular complexity index is 3400. The Labute approximate surface area is 373 Å². The first-order valence-electron chi connectivity index (χ1n) is 22.0. The van der Waals surface area contributed by atoms with Crippen molar-refractivity contribution in [3.8, 4) is 39.1 Å². The van der Waals surface area contributed by atoms with Gasteiger partial charge in [0.1, 0.15) is 0 Å². The van der Waals surface area contributed by atoms with Crippen LogP contribution in [0.1, 0.15) is 37.8 Å². The third kappa shape index (κ3) is 5.91. The first kappa shape index (κ1) is 37.6. The van der Waals surface area contributed by atoms with E-state index in [1.165, 1.54) is 87.1 Å². The van der Waals surface area contributed by atoms with Gasteiger partial charge in [-0.2, -0.15) is 0 Å². The predicted octanol–water partition coefficient (Wildman–Crippen LogP) is 17.0. The Kier molecular flexibility index (Phi) is 8.61. The molecule has 0 bridgehead atoms. The van der Waals surface area contributed by atoms with Gasteiger partial charge in [0.2, 0.25) is 0 Å². The third-order valence-electron chi connectivity index (χ3n) is 14.4. The maximum absolute atomic E-state index is 2.46. The number of thiophene rings is 1. The highest BCUT2D eigenvalue weighted by Crippen LogP contribution is 2.61. The number of allylic oxidation sites excluding steroid dienone is 4. The molecule has 2 atom stereocenters. The van der Waals surface area contributed by atoms with Crippen molar-refractivity contribution in [3.05, 3.63) is 230 Å². The molecule has 302 valence electrons. The van der Waals surface area contributed by atoms with Gasteiger partial charge in [0, 0.05) is 49.6 Å². The number of rotatable bonds is 7. The molecule has 8 aromatic carbocycles. The van der Waals surface area contributed by atoms with E-state index in [-0.39, 0.29) is 10.8 Å². The second-order valence-corrected chi connectivity index (χ2v) is 19.0. The van der Waals surface area contributed by atoms with Crippen molar-refractivity contribution in [3.63, 3.8) is 0 Å². The quantitative estimate of drug-likeness (QED) is 0.155. The topological polar surface area (TPSA) is 8.17 Å². The van der Waals surface area contributed by atoms with E-state index in [1.54, 1.807) is 0 Å². The van der Waals surface area contributed by atoms with Crippen molar-refractivity contribution in [1.29, 1.82) is 0 Å². The normalized spacial score (nSPS) is 17.3. The highest BCUT2D eigenvalue weighted by atomic mass is 32.1. The zero-order chi connectivity index (χ0) is 42.3. The molecule has 0 radical (unpaired) electrons. The van der Waals surface area contributed by atoms with Crippen LogP contribution in [0.4, 0.5) is 17.1 Å². The second kappa shape index (κ2) is 14.4. The van der Waals surface area contributed by atoms with Gasteiger partial charge in [-0.15, -0.1) is 11.3 Å². The number of benzene rings is 8. The number of aromatic nitrogens is 1. The fraction of sp³-hybridized carbons (Fsp3) is 0.100. The van der Waals surface area contributed by atoms with Crippen LogP contribution in [-0.2, 0) is 5.41 Å². The van der Waals surface area contributed by atoms with Crippen LogP contribution in [0.3, 0.4) is 0 Å². The summed E-state index contributed by atoms with van der Waals surface area (Å²) in [4.78, 5) is 2.43. The van der Waals surface area contributed by atoms with Gasteiger partial charge >= 0.3 is 0 Å². The number of anilines is 3. The fourth-order valence-electron chi connectivity index (χ4n) is 10.6.